The number of hydrogen-bond acceptors (Lipinski definition) is 2. The molecule has 1 aliphatic rings. The van der Waals surface area contributed by atoms with Gasteiger partial charge >= 0.3 is 0 Å². The summed E-state index contributed by atoms with van der Waals surface area (Å²) in [5, 5.41) is 5.70. The minimum absolute atomic E-state index is 0.286. The molecule has 0 spiro atoms. The van der Waals surface area contributed by atoms with E-state index in [1.807, 2.05) is 11.3 Å². The van der Waals surface area contributed by atoms with Crippen LogP contribution in [-0.2, 0) is 5.54 Å². The average molecular weight is 167 g/mol. The zero-order valence-corrected chi connectivity index (χ0v) is 7.58. The quantitative estimate of drug-likeness (QED) is 0.677. The summed E-state index contributed by atoms with van der Waals surface area (Å²) < 4.78 is 0. The van der Waals surface area contributed by atoms with Crippen molar-refractivity contribution in [2.75, 3.05) is 6.54 Å². The third-order valence-electron chi connectivity index (χ3n) is 2.43. The summed E-state index contributed by atoms with van der Waals surface area (Å²) in [4.78, 5) is 1.48. The van der Waals surface area contributed by atoms with Gasteiger partial charge in [-0.1, -0.05) is 6.07 Å². The zero-order chi connectivity index (χ0) is 7.73. The monoisotopic (exact) mass is 167 g/mol. The molecule has 1 atom stereocenters. The van der Waals surface area contributed by atoms with Gasteiger partial charge in [-0.05, 0) is 37.8 Å². The van der Waals surface area contributed by atoms with Crippen molar-refractivity contribution in [2.24, 2.45) is 0 Å². The molecule has 2 heterocycles. The summed E-state index contributed by atoms with van der Waals surface area (Å²) in [6.45, 7) is 3.47. The lowest BCUT2D eigenvalue weighted by molar-refractivity contribution is 0.444. The van der Waals surface area contributed by atoms with Gasteiger partial charge in [0.25, 0.3) is 0 Å². The molecule has 0 bridgehead atoms. The maximum Gasteiger partial charge on any atom is 0.0500 e. The summed E-state index contributed by atoms with van der Waals surface area (Å²) in [6, 6.07) is 4.36. The largest absolute Gasteiger partial charge is 0.307 e. The molecular weight excluding hydrogens is 154 g/mol. The van der Waals surface area contributed by atoms with Crippen LogP contribution in [0.4, 0.5) is 0 Å². The molecular formula is C9H13NS. The molecule has 11 heavy (non-hydrogen) atoms. The molecule has 1 aromatic rings. The Morgan fingerprint density at radius 1 is 1.64 bits per heavy atom. The van der Waals surface area contributed by atoms with Crippen LogP contribution < -0.4 is 5.32 Å². The van der Waals surface area contributed by atoms with Gasteiger partial charge in [-0.25, -0.2) is 0 Å². The molecule has 1 unspecified atom stereocenters. The molecule has 2 heteroatoms. The Kier molecular flexibility index (Phi) is 1.74. The van der Waals surface area contributed by atoms with Gasteiger partial charge in [0, 0.05) is 4.88 Å². The number of thiophene rings is 1. The Morgan fingerprint density at radius 3 is 3.09 bits per heavy atom. The van der Waals surface area contributed by atoms with Crippen molar-refractivity contribution >= 4 is 11.3 Å². The summed E-state index contributed by atoms with van der Waals surface area (Å²) >= 11 is 1.86. The van der Waals surface area contributed by atoms with Crippen molar-refractivity contribution in [1.29, 1.82) is 0 Å². The molecule has 1 N–H and O–H groups in total. The van der Waals surface area contributed by atoms with E-state index in [4.69, 9.17) is 0 Å². The molecule has 0 aromatic carbocycles. The van der Waals surface area contributed by atoms with Crippen LogP contribution in [-0.4, -0.2) is 6.54 Å². The normalized spacial score (nSPS) is 31.0. The first-order valence-electron chi connectivity index (χ1n) is 4.10. The second-order valence-electron chi connectivity index (χ2n) is 3.34. The van der Waals surface area contributed by atoms with Crippen molar-refractivity contribution in [1.82, 2.24) is 5.32 Å². The maximum atomic E-state index is 3.55. The van der Waals surface area contributed by atoms with E-state index in [1.54, 1.807) is 0 Å². The van der Waals surface area contributed by atoms with E-state index >= 15 is 0 Å². The van der Waals surface area contributed by atoms with Gasteiger partial charge < -0.3 is 5.32 Å². The summed E-state index contributed by atoms with van der Waals surface area (Å²) in [5.41, 5.74) is 0.286. The van der Waals surface area contributed by atoms with Gasteiger partial charge in [0.15, 0.2) is 0 Å². The van der Waals surface area contributed by atoms with Crippen LogP contribution in [0, 0.1) is 0 Å². The highest BCUT2D eigenvalue weighted by molar-refractivity contribution is 7.10. The highest BCUT2D eigenvalue weighted by Crippen LogP contribution is 2.32. The van der Waals surface area contributed by atoms with Crippen LogP contribution in [0.2, 0.25) is 0 Å². The van der Waals surface area contributed by atoms with Crippen molar-refractivity contribution in [3.8, 4) is 0 Å². The second kappa shape index (κ2) is 2.61. The van der Waals surface area contributed by atoms with Gasteiger partial charge in [0.1, 0.15) is 0 Å². The Hall–Kier alpha value is -0.340. The SMILES string of the molecule is CC1(c2cccs2)CCCN1. The minimum atomic E-state index is 0.286. The van der Waals surface area contributed by atoms with E-state index in [1.165, 1.54) is 24.3 Å². The predicted molar refractivity (Wildman–Crippen MR) is 48.9 cm³/mol. The summed E-state index contributed by atoms with van der Waals surface area (Å²) in [6.07, 6.45) is 2.60. The molecule has 0 aliphatic carbocycles. The fourth-order valence-electron chi connectivity index (χ4n) is 1.70. The number of rotatable bonds is 1. The first-order chi connectivity index (χ1) is 5.31. The van der Waals surface area contributed by atoms with Crippen LogP contribution in [0.3, 0.4) is 0 Å². The van der Waals surface area contributed by atoms with Crippen LogP contribution in [0.25, 0.3) is 0 Å². The van der Waals surface area contributed by atoms with E-state index in [0.717, 1.165) is 0 Å². The van der Waals surface area contributed by atoms with Gasteiger partial charge in [-0.2, -0.15) is 0 Å². The Balaban J connectivity index is 2.27. The second-order valence-corrected chi connectivity index (χ2v) is 4.29. The van der Waals surface area contributed by atoms with Crippen molar-refractivity contribution in [2.45, 2.75) is 25.3 Å². The predicted octanol–water partition coefficient (Wildman–Crippen LogP) is 2.35. The lowest BCUT2D eigenvalue weighted by atomic mass is 9.99. The first-order valence-corrected chi connectivity index (χ1v) is 4.98. The Bertz CT molecular complexity index is 222. The van der Waals surface area contributed by atoms with Crippen molar-refractivity contribution < 1.29 is 0 Å². The molecule has 0 amide bonds. The minimum Gasteiger partial charge on any atom is -0.307 e. The Labute approximate surface area is 71.4 Å². The molecule has 1 aromatic heterocycles. The molecule has 1 nitrogen and oxygen atoms in total. The van der Waals surface area contributed by atoms with Crippen LogP contribution in [0.1, 0.15) is 24.6 Å². The highest BCUT2D eigenvalue weighted by Gasteiger charge is 2.30. The lowest BCUT2D eigenvalue weighted by Crippen LogP contribution is -2.31. The van der Waals surface area contributed by atoms with E-state index < -0.39 is 0 Å². The van der Waals surface area contributed by atoms with E-state index in [2.05, 4.69) is 29.8 Å². The molecule has 60 valence electrons. The van der Waals surface area contributed by atoms with Crippen molar-refractivity contribution in [3.05, 3.63) is 22.4 Å². The van der Waals surface area contributed by atoms with Gasteiger partial charge in [-0.15, -0.1) is 11.3 Å². The molecule has 0 saturated carbocycles. The summed E-state index contributed by atoms with van der Waals surface area (Å²) in [7, 11) is 0. The smallest absolute Gasteiger partial charge is 0.0500 e. The maximum absolute atomic E-state index is 3.55. The number of nitrogens with one attached hydrogen (secondary N) is 1. The van der Waals surface area contributed by atoms with Gasteiger partial charge in [0.05, 0.1) is 5.54 Å². The number of hydrogen-bond donors (Lipinski definition) is 1. The lowest BCUT2D eigenvalue weighted by Gasteiger charge is -2.22. The molecule has 0 radical (unpaired) electrons. The van der Waals surface area contributed by atoms with Gasteiger partial charge in [-0.3, -0.25) is 0 Å². The zero-order valence-electron chi connectivity index (χ0n) is 6.76. The molecule has 1 fully saturated rings. The van der Waals surface area contributed by atoms with Crippen LogP contribution in [0.15, 0.2) is 17.5 Å². The Morgan fingerprint density at radius 2 is 2.55 bits per heavy atom. The van der Waals surface area contributed by atoms with E-state index in [-0.39, 0.29) is 5.54 Å². The fraction of sp³-hybridized carbons (Fsp3) is 0.556. The van der Waals surface area contributed by atoms with Crippen molar-refractivity contribution in [3.63, 3.8) is 0 Å². The fourth-order valence-corrected chi connectivity index (χ4v) is 2.59. The highest BCUT2D eigenvalue weighted by atomic mass is 32.1. The average Bonchev–Trinajstić information content (AvgIpc) is 2.55. The van der Waals surface area contributed by atoms with Gasteiger partial charge in [0.2, 0.25) is 0 Å². The van der Waals surface area contributed by atoms with E-state index in [9.17, 15) is 0 Å². The van der Waals surface area contributed by atoms with E-state index in [0.29, 0.717) is 0 Å². The van der Waals surface area contributed by atoms with Crippen LogP contribution >= 0.6 is 11.3 Å². The van der Waals surface area contributed by atoms with Crippen LogP contribution in [0.5, 0.6) is 0 Å². The molecule has 1 aliphatic heterocycles. The third kappa shape index (κ3) is 1.21. The third-order valence-corrected chi connectivity index (χ3v) is 3.57. The first kappa shape index (κ1) is 7.32. The molecule has 1 saturated heterocycles. The summed E-state index contributed by atoms with van der Waals surface area (Å²) in [5.74, 6) is 0. The topological polar surface area (TPSA) is 12.0 Å². The molecule has 2 rings (SSSR count). The standard InChI is InChI=1S/C9H13NS/c1-9(5-3-6-10-9)8-4-2-7-11-8/h2,4,7,10H,3,5-6H2,1H3.